The van der Waals surface area contributed by atoms with Crippen LogP contribution in [-0.2, 0) is 6.54 Å². The Morgan fingerprint density at radius 2 is 0.935 bits per heavy atom. The first kappa shape index (κ1) is 32.9. The summed E-state index contributed by atoms with van der Waals surface area (Å²) < 4.78 is 62.9. The summed E-state index contributed by atoms with van der Waals surface area (Å²) in [5.74, 6) is 0. The van der Waals surface area contributed by atoms with Crippen LogP contribution in [0.15, 0.2) is 140 Å². The van der Waals surface area contributed by atoms with Crippen LogP contribution >= 0.6 is 19.1 Å². The normalized spacial score (nSPS) is 13.0. The Balaban J connectivity index is 0.000000537. The van der Waals surface area contributed by atoms with Gasteiger partial charge in [-0.2, -0.15) is 4.57 Å². The van der Waals surface area contributed by atoms with Gasteiger partial charge in [0, 0.05) is 12.1 Å². The van der Waals surface area contributed by atoms with Crippen LogP contribution < -0.4 is 4.57 Å². The molecule has 0 atom stereocenters. The fraction of sp³-hybridized carbons (Fsp3) is 0.0541. The van der Waals surface area contributed by atoms with Crippen molar-refractivity contribution in [3.63, 3.8) is 0 Å². The first-order valence-corrected chi connectivity index (χ1v) is 17.3. The fourth-order valence-corrected chi connectivity index (χ4v) is 6.29. The molecule has 0 bridgehead atoms. The third-order valence-corrected chi connectivity index (χ3v) is 8.14. The second kappa shape index (κ2) is 12.7. The maximum atomic E-state index is 9.87. The van der Waals surface area contributed by atoms with Crippen LogP contribution in [0.25, 0.3) is 33.5 Å². The van der Waals surface area contributed by atoms with Gasteiger partial charge in [0.05, 0.1) is 0 Å². The molecule has 0 N–H and O–H groups in total. The molecule has 6 aromatic rings. The zero-order chi connectivity index (χ0) is 32.9. The zero-order valence-corrected chi connectivity index (χ0v) is 26.4. The summed E-state index contributed by atoms with van der Waals surface area (Å²) in [4.78, 5) is 0. The molecule has 236 valence electrons. The minimum absolute atomic E-state index is 0.954. The molecule has 1 aromatic heterocycles. The van der Waals surface area contributed by atoms with E-state index in [0.717, 1.165) is 6.54 Å². The van der Waals surface area contributed by atoms with Crippen LogP contribution in [-0.4, -0.2) is 0 Å². The maximum absolute atomic E-state index is 10.7. The van der Waals surface area contributed by atoms with Crippen LogP contribution in [0.5, 0.6) is 0 Å². The molecule has 5 aromatic carbocycles. The van der Waals surface area contributed by atoms with E-state index < -0.39 is 7.81 Å². The van der Waals surface area contributed by atoms with Gasteiger partial charge in [0.1, 0.15) is 11.2 Å². The number of aromatic nitrogens is 1. The van der Waals surface area contributed by atoms with Crippen molar-refractivity contribution < 1.29 is 29.7 Å². The van der Waals surface area contributed by atoms with Gasteiger partial charge in [-0.15, -0.1) is 0 Å². The van der Waals surface area contributed by atoms with E-state index in [1.807, 2.05) is 11.3 Å². The number of rotatable bonds is 7. The van der Waals surface area contributed by atoms with Gasteiger partial charge in [0.15, 0.2) is 0 Å². The van der Waals surface area contributed by atoms with Crippen LogP contribution in [0.3, 0.4) is 0 Å². The van der Waals surface area contributed by atoms with Crippen LogP contribution in [0.4, 0.5) is 25.2 Å². The second-order valence-corrected chi connectivity index (χ2v) is 13.4. The van der Waals surface area contributed by atoms with E-state index in [1.54, 1.807) is 0 Å². The molecule has 0 amide bonds. The molecule has 1 nitrogen and oxygen atoms in total. The molecule has 1 heterocycles. The van der Waals surface area contributed by atoms with Gasteiger partial charge in [-0.1, -0.05) is 139 Å². The Hall–Kier alpha value is -4.52. The van der Waals surface area contributed by atoms with Gasteiger partial charge in [-0.25, -0.2) is 0 Å². The van der Waals surface area contributed by atoms with Crippen molar-refractivity contribution in [2.24, 2.45) is 0 Å². The standard InChI is InChI=1S/C37H30NS.F6P/c1-2-38-33-20-12-13-21-34(33)39-35(38)27-24-28-22-25-32(26-23-28)37(31-18-10-5-11-19-31)36(29-14-6-3-7-15-29)30-16-8-4-9-17-30;1-7(2,3,4,5)6/h3-27H,2H2,1H3;/q+1;-1/b27-24+;. The Bertz CT molecular complexity index is 1930. The number of benzene rings is 5. The SMILES string of the molecule is CC[n+]1c(/C=C/c2ccc(C(=C(c3ccccc3)c3ccccc3)c3ccccc3)cc2)sc2ccccc21.F[P-](F)(F)(F)(F)F. The van der Waals surface area contributed by atoms with Gasteiger partial charge in [-0.05, 0) is 58.0 Å². The van der Waals surface area contributed by atoms with E-state index in [-0.39, 0.29) is 0 Å². The monoisotopic (exact) mass is 665 g/mol. The number of hydrogen-bond acceptors (Lipinski definition) is 1. The average Bonchev–Trinajstić information content (AvgIpc) is 3.40. The van der Waals surface area contributed by atoms with E-state index >= 15 is 0 Å². The summed E-state index contributed by atoms with van der Waals surface area (Å²) in [6.07, 6.45) is 4.47. The predicted octanol–water partition coefficient (Wildman–Crippen LogP) is 12.8. The van der Waals surface area contributed by atoms with Crippen molar-refractivity contribution in [1.29, 1.82) is 0 Å². The van der Waals surface area contributed by atoms with Gasteiger partial charge in [0.2, 0.25) is 5.52 Å². The van der Waals surface area contributed by atoms with Crippen molar-refractivity contribution in [2.45, 2.75) is 13.5 Å². The molecular weight excluding hydrogens is 635 g/mol. The molecular formula is C37H30F6NPS. The minimum atomic E-state index is -10.7. The van der Waals surface area contributed by atoms with Crippen molar-refractivity contribution in [3.05, 3.63) is 172 Å². The molecule has 0 saturated heterocycles. The van der Waals surface area contributed by atoms with Crippen LogP contribution in [0.1, 0.15) is 39.7 Å². The second-order valence-electron chi connectivity index (χ2n) is 10.4. The van der Waals surface area contributed by atoms with Crippen LogP contribution in [0.2, 0.25) is 0 Å². The number of nitrogens with zero attached hydrogens (tertiary/aromatic N) is 1. The molecule has 46 heavy (non-hydrogen) atoms. The van der Waals surface area contributed by atoms with E-state index in [1.165, 1.54) is 54.2 Å². The predicted molar refractivity (Wildman–Crippen MR) is 181 cm³/mol. The van der Waals surface area contributed by atoms with Crippen molar-refractivity contribution >= 4 is 52.7 Å². The van der Waals surface area contributed by atoms with Crippen LogP contribution in [0, 0.1) is 0 Å². The zero-order valence-electron chi connectivity index (χ0n) is 24.7. The number of para-hydroxylation sites is 1. The molecule has 0 saturated carbocycles. The molecule has 0 aliphatic rings. The average molecular weight is 666 g/mol. The molecule has 0 radical (unpaired) electrons. The van der Waals surface area contributed by atoms with Gasteiger partial charge in [0.25, 0.3) is 5.01 Å². The number of fused-ring (bicyclic) bond motifs is 1. The molecule has 0 unspecified atom stereocenters. The first-order valence-electron chi connectivity index (χ1n) is 14.4. The van der Waals surface area contributed by atoms with Gasteiger partial charge in [-0.3, -0.25) is 0 Å². The Morgan fingerprint density at radius 3 is 1.37 bits per heavy atom. The summed E-state index contributed by atoms with van der Waals surface area (Å²) in [7, 11) is -10.7. The fourth-order valence-electron chi connectivity index (χ4n) is 5.16. The summed E-state index contributed by atoms with van der Waals surface area (Å²) in [6, 6.07) is 49.8. The Kier molecular flexibility index (Phi) is 9.07. The number of thiazole rings is 1. The number of aryl methyl sites for hydroxylation is 1. The Labute approximate surface area is 267 Å². The number of halogens is 6. The molecule has 0 aliphatic carbocycles. The topological polar surface area (TPSA) is 3.88 Å². The van der Waals surface area contributed by atoms with E-state index in [9.17, 15) is 25.2 Å². The number of hydrogen-bond donors (Lipinski definition) is 0. The van der Waals surface area contributed by atoms with E-state index in [0.29, 0.717) is 0 Å². The third-order valence-electron chi connectivity index (χ3n) is 7.01. The Morgan fingerprint density at radius 1 is 0.543 bits per heavy atom. The summed E-state index contributed by atoms with van der Waals surface area (Å²) in [6.45, 7) is 3.16. The van der Waals surface area contributed by atoms with Crippen molar-refractivity contribution in [2.75, 3.05) is 0 Å². The van der Waals surface area contributed by atoms with Gasteiger partial charge < -0.3 is 0 Å². The summed E-state index contributed by atoms with van der Waals surface area (Å²) in [5, 5.41) is 1.27. The third kappa shape index (κ3) is 9.25. The summed E-state index contributed by atoms with van der Waals surface area (Å²) >= 11 is 1.84. The van der Waals surface area contributed by atoms with Crippen molar-refractivity contribution in [1.82, 2.24) is 0 Å². The molecule has 0 aliphatic heterocycles. The van der Waals surface area contributed by atoms with E-state index in [2.05, 4.69) is 163 Å². The molecule has 0 spiro atoms. The van der Waals surface area contributed by atoms with E-state index in [4.69, 9.17) is 0 Å². The molecule has 0 fully saturated rings. The molecule has 6 rings (SSSR count). The molecule has 9 heteroatoms. The van der Waals surface area contributed by atoms with Crippen molar-refractivity contribution in [3.8, 4) is 0 Å². The quantitative estimate of drug-likeness (QED) is 0.0692. The first-order chi connectivity index (χ1) is 21.8. The summed E-state index contributed by atoms with van der Waals surface area (Å²) in [5.41, 5.74) is 9.78. The van der Waals surface area contributed by atoms with Gasteiger partial charge >= 0.3 is 33.0 Å².